The maximum absolute atomic E-state index is 10.9. The zero-order valence-corrected chi connectivity index (χ0v) is 9.78. The third-order valence-electron chi connectivity index (χ3n) is 2.06. The Bertz CT molecular complexity index is 239. The molecule has 0 unspecified atom stereocenters. The van der Waals surface area contributed by atoms with E-state index in [1.54, 1.807) is 6.08 Å². The van der Waals surface area contributed by atoms with Gasteiger partial charge in [0, 0.05) is 0 Å². The second kappa shape index (κ2) is 14.0. The molecule has 0 aromatic carbocycles. The van der Waals surface area contributed by atoms with Gasteiger partial charge in [-0.1, -0.05) is 26.2 Å². The van der Waals surface area contributed by atoms with Crippen molar-refractivity contribution in [3.63, 3.8) is 0 Å². The summed E-state index contributed by atoms with van der Waals surface area (Å²) in [6, 6.07) is 0. The van der Waals surface area contributed by atoms with E-state index in [2.05, 4.69) is 6.92 Å². The number of carboxylic acid groups (broad SMARTS) is 1. The second-order valence-corrected chi connectivity index (χ2v) is 3.60. The number of hydrogen-bond donors (Lipinski definition) is 1. The average molecular weight is 270 g/mol. The monoisotopic (exact) mass is 270 g/mol. The molecule has 0 aliphatic heterocycles. The first-order valence-electron chi connectivity index (χ1n) is 5.73. The van der Waals surface area contributed by atoms with Gasteiger partial charge in [0.2, 0.25) is 0 Å². The Labute approximate surface area is 132 Å². The third-order valence-corrected chi connectivity index (χ3v) is 2.06. The molecule has 17 heavy (non-hydrogen) atoms. The van der Waals surface area contributed by atoms with E-state index in [4.69, 9.17) is 9.84 Å². The SMILES string of the molecule is CCCCCC/C=C/OC(=O)CCC(=O)O.[CaH2]. The van der Waals surface area contributed by atoms with Crippen molar-refractivity contribution in [2.24, 2.45) is 0 Å². The predicted octanol–water partition coefficient (Wildman–Crippen LogP) is 1.96. The Balaban J connectivity index is 0. The molecule has 0 aromatic rings. The van der Waals surface area contributed by atoms with Crippen molar-refractivity contribution < 1.29 is 19.4 Å². The number of esters is 1. The van der Waals surface area contributed by atoms with Crippen molar-refractivity contribution in [1.82, 2.24) is 0 Å². The van der Waals surface area contributed by atoms with Crippen LogP contribution in [0.5, 0.6) is 0 Å². The molecule has 0 rings (SSSR count). The molecule has 0 heterocycles. The van der Waals surface area contributed by atoms with E-state index >= 15 is 0 Å². The first-order chi connectivity index (χ1) is 7.66. The van der Waals surface area contributed by atoms with Gasteiger partial charge in [-0.05, 0) is 18.9 Å². The molecule has 0 fully saturated rings. The Morgan fingerprint density at radius 1 is 1.18 bits per heavy atom. The second-order valence-electron chi connectivity index (χ2n) is 3.60. The first kappa shape index (κ1) is 19.3. The van der Waals surface area contributed by atoms with E-state index in [1.807, 2.05) is 0 Å². The van der Waals surface area contributed by atoms with Gasteiger partial charge >= 0.3 is 49.7 Å². The fraction of sp³-hybridized carbons (Fsp3) is 0.667. The Morgan fingerprint density at radius 2 is 1.88 bits per heavy atom. The van der Waals surface area contributed by atoms with Crippen LogP contribution in [0.1, 0.15) is 51.9 Å². The maximum atomic E-state index is 10.9. The minimum atomic E-state index is -0.986. The zero-order chi connectivity index (χ0) is 12.2. The molecule has 0 aliphatic carbocycles. The quantitative estimate of drug-likeness (QED) is 0.301. The molecule has 0 aliphatic rings. The number of unbranched alkanes of at least 4 members (excludes halogenated alkanes) is 4. The summed E-state index contributed by atoms with van der Waals surface area (Å²) in [6.45, 7) is 2.15. The number of hydrogen-bond acceptors (Lipinski definition) is 3. The van der Waals surface area contributed by atoms with E-state index < -0.39 is 11.9 Å². The fourth-order valence-electron chi connectivity index (χ4n) is 1.15. The summed E-state index contributed by atoms with van der Waals surface area (Å²) < 4.78 is 4.72. The van der Waals surface area contributed by atoms with E-state index in [-0.39, 0.29) is 50.6 Å². The average Bonchev–Trinajstić information content (AvgIpc) is 2.25. The van der Waals surface area contributed by atoms with Crippen molar-refractivity contribution in [2.75, 3.05) is 0 Å². The molecule has 0 aromatic heterocycles. The third kappa shape index (κ3) is 15.9. The molecule has 0 radical (unpaired) electrons. The summed E-state index contributed by atoms with van der Waals surface area (Å²) in [5.74, 6) is -1.48. The van der Waals surface area contributed by atoms with Crippen molar-refractivity contribution in [1.29, 1.82) is 0 Å². The summed E-state index contributed by atoms with van der Waals surface area (Å²) in [7, 11) is 0. The molecular formula is C12H22CaO4. The van der Waals surface area contributed by atoms with Crippen LogP contribution in [0.2, 0.25) is 0 Å². The van der Waals surface area contributed by atoms with Crippen molar-refractivity contribution in [2.45, 2.75) is 51.9 Å². The van der Waals surface area contributed by atoms with Crippen LogP contribution in [-0.2, 0) is 14.3 Å². The van der Waals surface area contributed by atoms with Gasteiger partial charge in [-0.2, -0.15) is 0 Å². The molecule has 4 nitrogen and oxygen atoms in total. The number of rotatable bonds is 9. The van der Waals surface area contributed by atoms with Crippen LogP contribution < -0.4 is 0 Å². The summed E-state index contributed by atoms with van der Waals surface area (Å²) in [4.78, 5) is 21.1. The Morgan fingerprint density at radius 3 is 2.47 bits per heavy atom. The predicted molar refractivity (Wildman–Crippen MR) is 69.4 cm³/mol. The Kier molecular flexibility index (Phi) is 15.9. The van der Waals surface area contributed by atoms with Gasteiger partial charge in [0.15, 0.2) is 0 Å². The van der Waals surface area contributed by atoms with Crippen LogP contribution in [0.25, 0.3) is 0 Å². The molecule has 0 atom stereocenters. The van der Waals surface area contributed by atoms with Gasteiger partial charge in [0.1, 0.15) is 0 Å². The molecule has 0 spiro atoms. The van der Waals surface area contributed by atoms with E-state index in [0.717, 1.165) is 12.8 Å². The summed E-state index contributed by atoms with van der Waals surface area (Å²) >= 11 is 0. The number of carbonyl (C=O) groups is 2. The summed E-state index contributed by atoms with van der Waals surface area (Å²) in [6.07, 6.45) is 8.51. The number of carbonyl (C=O) groups excluding carboxylic acids is 1. The standard InChI is InChI=1S/C12H20O4.Ca.2H/c1-2-3-4-5-6-7-10-16-12(15)9-8-11(13)14;;;/h7,10H,2-6,8-9H2,1H3,(H,13,14);;;/b10-7+;;;. The van der Waals surface area contributed by atoms with E-state index in [9.17, 15) is 9.59 Å². The summed E-state index contributed by atoms with van der Waals surface area (Å²) in [5.41, 5.74) is 0. The van der Waals surface area contributed by atoms with Crippen molar-refractivity contribution in [3.05, 3.63) is 12.3 Å². The number of aliphatic carboxylic acids is 1. The van der Waals surface area contributed by atoms with Gasteiger partial charge in [-0.15, -0.1) is 0 Å². The number of ether oxygens (including phenoxy) is 1. The molecule has 0 amide bonds. The molecule has 5 heteroatoms. The van der Waals surface area contributed by atoms with E-state index in [1.165, 1.54) is 25.5 Å². The first-order valence-corrected chi connectivity index (χ1v) is 5.73. The molecule has 1 N–H and O–H groups in total. The molecular weight excluding hydrogens is 248 g/mol. The normalized spacial score (nSPS) is 9.94. The van der Waals surface area contributed by atoms with Crippen molar-refractivity contribution in [3.8, 4) is 0 Å². The molecule has 0 bridgehead atoms. The summed E-state index contributed by atoms with van der Waals surface area (Å²) in [5, 5.41) is 8.33. The molecule has 96 valence electrons. The van der Waals surface area contributed by atoms with Crippen LogP contribution in [0.3, 0.4) is 0 Å². The van der Waals surface area contributed by atoms with Gasteiger partial charge in [-0.25, -0.2) is 0 Å². The Hall–Kier alpha value is -0.0603. The molecule has 0 saturated carbocycles. The molecule has 0 saturated heterocycles. The number of carboxylic acids is 1. The number of allylic oxidation sites excluding steroid dienone is 1. The topological polar surface area (TPSA) is 63.6 Å². The fourth-order valence-corrected chi connectivity index (χ4v) is 1.15. The van der Waals surface area contributed by atoms with Crippen molar-refractivity contribution >= 4 is 49.7 Å². The van der Waals surface area contributed by atoms with E-state index in [0.29, 0.717) is 0 Å². The van der Waals surface area contributed by atoms with Crippen LogP contribution in [-0.4, -0.2) is 54.8 Å². The minimum absolute atomic E-state index is 0. The zero-order valence-electron chi connectivity index (χ0n) is 9.78. The van der Waals surface area contributed by atoms with Gasteiger partial charge < -0.3 is 9.84 Å². The van der Waals surface area contributed by atoms with Gasteiger partial charge in [-0.3, -0.25) is 9.59 Å². The van der Waals surface area contributed by atoms with Crippen LogP contribution in [0.15, 0.2) is 12.3 Å². The van der Waals surface area contributed by atoms with Crippen LogP contribution in [0.4, 0.5) is 0 Å². The van der Waals surface area contributed by atoms with Gasteiger partial charge in [0.05, 0.1) is 19.1 Å². The van der Waals surface area contributed by atoms with Gasteiger partial charge in [0.25, 0.3) is 0 Å². The van der Waals surface area contributed by atoms with Crippen LogP contribution >= 0.6 is 0 Å². The van der Waals surface area contributed by atoms with Crippen LogP contribution in [0, 0.1) is 0 Å².